The zero-order valence-electron chi connectivity index (χ0n) is 19.3. The molecule has 1 amide bonds. The zero-order chi connectivity index (χ0) is 23.2. The normalized spacial score (nSPS) is 12.6. The van der Waals surface area contributed by atoms with Crippen LogP contribution in [0.1, 0.15) is 57.2 Å². The van der Waals surface area contributed by atoms with E-state index >= 15 is 0 Å². The Morgan fingerprint density at radius 1 is 1.03 bits per heavy atom. The molecule has 7 heteroatoms. The van der Waals surface area contributed by atoms with Gasteiger partial charge >= 0.3 is 0 Å². The van der Waals surface area contributed by atoms with Crippen LogP contribution in [0.25, 0.3) is 0 Å². The van der Waals surface area contributed by atoms with Gasteiger partial charge in [-0.25, -0.2) is 8.42 Å². The Morgan fingerprint density at radius 3 is 2.16 bits per heavy atom. The third-order valence-electron chi connectivity index (χ3n) is 5.08. The minimum atomic E-state index is -3.65. The molecule has 170 valence electrons. The second kappa shape index (κ2) is 10.7. The molecule has 0 heterocycles. The van der Waals surface area contributed by atoms with Crippen LogP contribution in [0.5, 0.6) is 5.75 Å². The molecule has 0 bridgehead atoms. The molecule has 0 aliphatic heterocycles. The maximum atomic E-state index is 13.0. The summed E-state index contributed by atoms with van der Waals surface area (Å²) in [6.45, 7) is 7.91. The van der Waals surface area contributed by atoms with E-state index in [9.17, 15) is 13.2 Å². The molecular weight excluding hydrogens is 412 g/mol. The Morgan fingerprint density at radius 2 is 1.65 bits per heavy atom. The highest BCUT2D eigenvalue weighted by molar-refractivity contribution is 7.92. The van der Waals surface area contributed by atoms with Crippen LogP contribution in [0.2, 0.25) is 0 Å². The van der Waals surface area contributed by atoms with E-state index in [4.69, 9.17) is 4.74 Å². The van der Waals surface area contributed by atoms with Crippen LogP contribution in [-0.2, 0) is 14.8 Å². The average molecular weight is 447 g/mol. The van der Waals surface area contributed by atoms with Gasteiger partial charge in [0, 0.05) is 0 Å². The lowest BCUT2D eigenvalue weighted by atomic mass is 9.97. The molecule has 2 aromatic rings. The van der Waals surface area contributed by atoms with Crippen molar-refractivity contribution in [1.82, 2.24) is 5.32 Å². The van der Waals surface area contributed by atoms with Gasteiger partial charge in [0.05, 0.1) is 25.1 Å². The summed E-state index contributed by atoms with van der Waals surface area (Å²) < 4.78 is 31.6. The number of rotatable bonds is 10. The second-order valence-corrected chi connectivity index (χ2v) is 10.4. The van der Waals surface area contributed by atoms with E-state index in [0.29, 0.717) is 11.6 Å². The molecule has 1 unspecified atom stereocenters. The number of carbonyl (C=O) groups is 1. The predicted molar refractivity (Wildman–Crippen MR) is 126 cm³/mol. The van der Waals surface area contributed by atoms with Crippen molar-refractivity contribution in [2.24, 2.45) is 5.92 Å². The largest absolute Gasteiger partial charge is 0.497 e. The van der Waals surface area contributed by atoms with Gasteiger partial charge in [-0.2, -0.15) is 0 Å². The molecule has 1 atom stereocenters. The number of para-hydroxylation sites is 1. The first-order valence-corrected chi connectivity index (χ1v) is 12.4. The Hall–Kier alpha value is -2.54. The van der Waals surface area contributed by atoms with Gasteiger partial charge in [-0.1, -0.05) is 58.0 Å². The molecule has 0 aliphatic carbocycles. The van der Waals surface area contributed by atoms with E-state index < -0.39 is 10.0 Å². The fraction of sp³-hybridized carbons (Fsp3) is 0.458. The molecule has 0 radical (unpaired) electrons. The van der Waals surface area contributed by atoms with Crippen LogP contribution in [0.4, 0.5) is 5.69 Å². The van der Waals surface area contributed by atoms with Gasteiger partial charge in [0.25, 0.3) is 0 Å². The van der Waals surface area contributed by atoms with Crippen molar-refractivity contribution in [3.05, 3.63) is 59.7 Å². The highest BCUT2D eigenvalue weighted by Crippen LogP contribution is 2.29. The maximum absolute atomic E-state index is 13.0. The van der Waals surface area contributed by atoms with Crippen LogP contribution in [0, 0.1) is 5.92 Å². The van der Waals surface area contributed by atoms with Crippen LogP contribution < -0.4 is 14.4 Å². The zero-order valence-corrected chi connectivity index (χ0v) is 20.1. The minimum absolute atomic E-state index is 0.122. The van der Waals surface area contributed by atoms with E-state index in [1.807, 2.05) is 50.2 Å². The van der Waals surface area contributed by atoms with E-state index in [1.54, 1.807) is 19.2 Å². The number of benzene rings is 2. The van der Waals surface area contributed by atoms with Crippen molar-refractivity contribution < 1.29 is 17.9 Å². The second-order valence-electron chi connectivity index (χ2n) is 8.51. The lowest BCUT2D eigenvalue weighted by Gasteiger charge is -2.27. The van der Waals surface area contributed by atoms with E-state index in [-0.39, 0.29) is 24.4 Å². The summed E-state index contributed by atoms with van der Waals surface area (Å²) in [5, 5.41) is 3.04. The molecule has 0 aliphatic rings. The molecule has 0 aromatic heterocycles. The predicted octanol–water partition coefficient (Wildman–Crippen LogP) is 4.49. The highest BCUT2D eigenvalue weighted by Gasteiger charge is 2.25. The molecule has 0 fully saturated rings. The number of amides is 1. The number of methoxy groups -OCH3 is 1. The van der Waals surface area contributed by atoms with Gasteiger partial charge in [0.1, 0.15) is 12.3 Å². The molecule has 0 saturated carbocycles. The summed E-state index contributed by atoms with van der Waals surface area (Å²) in [5.74, 6) is 0.869. The molecule has 0 spiro atoms. The van der Waals surface area contributed by atoms with E-state index in [2.05, 4.69) is 19.2 Å². The fourth-order valence-corrected chi connectivity index (χ4v) is 4.42. The SMILES string of the molecule is COc1ccc(C(CC(C)C)NC(=O)CN(c2ccccc2C(C)C)S(C)(=O)=O)cc1. The topological polar surface area (TPSA) is 75.7 Å². The Bertz CT molecular complexity index is 969. The van der Waals surface area contributed by atoms with E-state index in [0.717, 1.165) is 29.6 Å². The van der Waals surface area contributed by atoms with E-state index in [1.165, 1.54) is 4.31 Å². The number of nitrogens with zero attached hydrogens (tertiary/aromatic N) is 1. The van der Waals surface area contributed by atoms with Crippen LogP contribution >= 0.6 is 0 Å². The molecule has 2 aromatic carbocycles. The van der Waals surface area contributed by atoms with Gasteiger partial charge in [-0.15, -0.1) is 0 Å². The summed E-state index contributed by atoms with van der Waals surface area (Å²) >= 11 is 0. The summed E-state index contributed by atoms with van der Waals surface area (Å²) in [6.07, 6.45) is 1.87. The summed E-state index contributed by atoms with van der Waals surface area (Å²) in [6, 6.07) is 14.7. The number of anilines is 1. The lowest BCUT2D eigenvalue weighted by Crippen LogP contribution is -2.42. The first kappa shape index (κ1) is 24.7. The number of ether oxygens (including phenoxy) is 1. The number of sulfonamides is 1. The Labute approximate surface area is 186 Å². The van der Waals surface area contributed by atoms with Crippen molar-refractivity contribution >= 4 is 21.6 Å². The fourth-order valence-electron chi connectivity index (χ4n) is 3.54. The molecular formula is C24H34N2O4S. The molecule has 31 heavy (non-hydrogen) atoms. The first-order chi connectivity index (χ1) is 14.5. The molecule has 2 rings (SSSR count). The van der Waals surface area contributed by atoms with Crippen molar-refractivity contribution in [1.29, 1.82) is 0 Å². The van der Waals surface area contributed by atoms with Crippen LogP contribution in [-0.4, -0.2) is 34.2 Å². The van der Waals surface area contributed by atoms with Crippen LogP contribution in [0.15, 0.2) is 48.5 Å². The van der Waals surface area contributed by atoms with Crippen molar-refractivity contribution in [3.63, 3.8) is 0 Å². The third kappa shape index (κ3) is 6.99. The minimum Gasteiger partial charge on any atom is -0.497 e. The standard InChI is InChI=1S/C24H34N2O4S/c1-17(2)15-22(19-11-13-20(30-5)14-12-19)25-24(27)16-26(31(6,28)29)23-10-8-7-9-21(23)18(3)4/h7-14,17-18,22H,15-16H2,1-6H3,(H,25,27). The highest BCUT2D eigenvalue weighted by atomic mass is 32.2. The quantitative estimate of drug-likeness (QED) is 0.583. The first-order valence-electron chi connectivity index (χ1n) is 10.5. The maximum Gasteiger partial charge on any atom is 0.241 e. The lowest BCUT2D eigenvalue weighted by molar-refractivity contribution is -0.120. The summed E-state index contributed by atoms with van der Waals surface area (Å²) in [7, 11) is -2.04. The molecule has 0 saturated heterocycles. The summed E-state index contributed by atoms with van der Waals surface area (Å²) in [4.78, 5) is 13.0. The van der Waals surface area contributed by atoms with Crippen LogP contribution in [0.3, 0.4) is 0 Å². The van der Waals surface area contributed by atoms with Gasteiger partial charge in [-0.3, -0.25) is 9.10 Å². The number of nitrogens with one attached hydrogen (secondary N) is 1. The van der Waals surface area contributed by atoms with Crippen molar-refractivity contribution in [3.8, 4) is 5.75 Å². The number of hydrogen-bond acceptors (Lipinski definition) is 4. The third-order valence-corrected chi connectivity index (χ3v) is 6.20. The monoisotopic (exact) mass is 446 g/mol. The number of hydrogen-bond donors (Lipinski definition) is 1. The smallest absolute Gasteiger partial charge is 0.241 e. The van der Waals surface area contributed by atoms with Crippen molar-refractivity contribution in [2.75, 3.05) is 24.2 Å². The Kier molecular flexibility index (Phi) is 8.51. The molecule has 1 N–H and O–H groups in total. The number of carbonyl (C=O) groups excluding carboxylic acids is 1. The Balaban J connectivity index is 2.29. The summed E-state index contributed by atoms with van der Waals surface area (Å²) in [5.41, 5.74) is 2.38. The van der Waals surface area contributed by atoms with Gasteiger partial charge in [0.15, 0.2) is 0 Å². The van der Waals surface area contributed by atoms with Gasteiger partial charge in [-0.05, 0) is 47.6 Å². The molecule has 6 nitrogen and oxygen atoms in total. The van der Waals surface area contributed by atoms with Gasteiger partial charge < -0.3 is 10.1 Å². The average Bonchev–Trinajstić information content (AvgIpc) is 2.70. The van der Waals surface area contributed by atoms with Crippen molar-refractivity contribution in [2.45, 2.75) is 46.1 Å². The van der Waals surface area contributed by atoms with Gasteiger partial charge in [0.2, 0.25) is 15.9 Å².